The summed E-state index contributed by atoms with van der Waals surface area (Å²) in [6.45, 7) is 1.84. The summed E-state index contributed by atoms with van der Waals surface area (Å²) in [5.74, 6) is 0.919. The number of halogens is 1. The summed E-state index contributed by atoms with van der Waals surface area (Å²) in [6.07, 6.45) is -0.509. The topological polar surface area (TPSA) is 121 Å². The van der Waals surface area contributed by atoms with Crippen LogP contribution in [-0.4, -0.2) is 38.5 Å². The molecule has 0 saturated heterocycles. The molecule has 0 bridgehead atoms. The number of non-ortho nitro benzene ring substituents is 1. The standard InChI is InChI=1S/C25H22ClN5O5S/c1-16(36-21-11-7-6-10-19(21)26)24-28-29-25(30(24)17-8-4-3-5-9-17)37-15-23(32)27-20-14-18(31(33)34)12-13-22(20)35-2/h3-14,16H,15H2,1-2H3,(H,27,32). The Kier molecular flexibility index (Phi) is 8.26. The van der Waals surface area contributed by atoms with Gasteiger partial charge < -0.3 is 14.8 Å². The number of hydrogen-bond acceptors (Lipinski definition) is 8. The van der Waals surface area contributed by atoms with E-state index in [-0.39, 0.29) is 17.1 Å². The smallest absolute Gasteiger partial charge is 0.271 e. The van der Waals surface area contributed by atoms with Crippen LogP contribution in [0.2, 0.25) is 5.02 Å². The quantitative estimate of drug-likeness (QED) is 0.154. The van der Waals surface area contributed by atoms with Crippen LogP contribution in [0.1, 0.15) is 18.9 Å². The van der Waals surface area contributed by atoms with Crippen molar-refractivity contribution >= 4 is 40.6 Å². The molecule has 3 aromatic carbocycles. The second kappa shape index (κ2) is 11.8. The summed E-state index contributed by atoms with van der Waals surface area (Å²) in [4.78, 5) is 23.3. The van der Waals surface area contributed by atoms with Crippen molar-refractivity contribution < 1.29 is 19.2 Å². The zero-order valence-corrected chi connectivity index (χ0v) is 21.4. The summed E-state index contributed by atoms with van der Waals surface area (Å²) in [6, 6.07) is 20.6. The average Bonchev–Trinajstić information content (AvgIpc) is 3.33. The molecule has 1 atom stereocenters. The lowest BCUT2D eigenvalue weighted by atomic mass is 10.2. The van der Waals surface area contributed by atoms with Crippen LogP contribution in [0.15, 0.2) is 78.0 Å². The number of nitrogens with one attached hydrogen (secondary N) is 1. The molecule has 1 aromatic heterocycles. The molecule has 0 spiro atoms. The third-order valence-corrected chi connectivity index (χ3v) is 6.42. The number of methoxy groups -OCH3 is 1. The zero-order valence-electron chi connectivity index (χ0n) is 19.8. The van der Waals surface area contributed by atoms with Crippen molar-refractivity contribution in [2.45, 2.75) is 18.2 Å². The van der Waals surface area contributed by atoms with Crippen LogP contribution in [0, 0.1) is 10.1 Å². The fraction of sp³-hybridized carbons (Fsp3) is 0.160. The number of nitro benzene ring substituents is 1. The summed E-state index contributed by atoms with van der Waals surface area (Å²) in [5, 5.41) is 23.4. The SMILES string of the molecule is COc1ccc([N+](=O)[O-])cc1NC(=O)CSc1nnc(C(C)Oc2ccccc2Cl)n1-c1ccccc1. The lowest BCUT2D eigenvalue weighted by Gasteiger charge is -2.17. The summed E-state index contributed by atoms with van der Waals surface area (Å²) in [5.41, 5.74) is 0.833. The largest absolute Gasteiger partial charge is 0.495 e. The number of anilines is 1. The van der Waals surface area contributed by atoms with Gasteiger partial charge in [0.15, 0.2) is 17.1 Å². The normalized spacial score (nSPS) is 11.5. The van der Waals surface area contributed by atoms with Gasteiger partial charge in [0.05, 0.1) is 28.5 Å². The highest BCUT2D eigenvalue weighted by Gasteiger charge is 2.22. The Labute approximate surface area is 221 Å². The molecule has 1 unspecified atom stereocenters. The number of rotatable bonds is 10. The first-order valence-electron chi connectivity index (χ1n) is 11.0. The molecule has 0 radical (unpaired) electrons. The number of benzene rings is 3. The molecule has 10 nitrogen and oxygen atoms in total. The van der Waals surface area contributed by atoms with E-state index in [1.165, 1.54) is 25.3 Å². The van der Waals surface area contributed by atoms with E-state index in [4.69, 9.17) is 21.1 Å². The van der Waals surface area contributed by atoms with Crippen LogP contribution in [0.25, 0.3) is 5.69 Å². The minimum absolute atomic E-state index is 0.0312. The molecule has 1 N–H and O–H groups in total. The Bertz CT molecular complexity index is 1420. The number of ether oxygens (including phenoxy) is 2. The molecule has 0 saturated carbocycles. The van der Waals surface area contributed by atoms with Crippen molar-refractivity contribution in [1.82, 2.24) is 14.8 Å². The Hall–Kier alpha value is -4.09. The van der Waals surface area contributed by atoms with Crippen molar-refractivity contribution in [3.05, 3.63) is 93.8 Å². The van der Waals surface area contributed by atoms with Crippen LogP contribution < -0.4 is 14.8 Å². The van der Waals surface area contributed by atoms with Gasteiger partial charge in [-0.3, -0.25) is 19.5 Å². The van der Waals surface area contributed by atoms with Gasteiger partial charge in [0.2, 0.25) is 5.91 Å². The predicted molar refractivity (Wildman–Crippen MR) is 141 cm³/mol. The lowest BCUT2D eigenvalue weighted by molar-refractivity contribution is -0.384. The summed E-state index contributed by atoms with van der Waals surface area (Å²) < 4.78 is 13.1. The van der Waals surface area contributed by atoms with E-state index in [1.54, 1.807) is 12.1 Å². The van der Waals surface area contributed by atoms with E-state index in [9.17, 15) is 14.9 Å². The maximum atomic E-state index is 12.7. The fourth-order valence-corrected chi connectivity index (χ4v) is 4.40. The maximum absolute atomic E-state index is 12.7. The number of amides is 1. The average molecular weight is 540 g/mol. The number of carbonyl (C=O) groups is 1. The zero-order chi connectivity index (χ0) is 26.4. The third-order valence-electron chi connectivity index (χ3n) is 5.18. The van der Waals surface area contributed by atoms with E-state index >= 15 is 0 Å². The molecule has 37 heavy (non-hydrogen) atoms. The first kappa shape index (κ1) is 26.0. The Morgan fingerprint density at radius 3 is 2.54 bits per heavy atom. The number of nitro groups is 1. The van der Waals surface area contributed by atoms with Crippen molar-refractivity contribution in [2.75, 3.05) is 18.2 Å². The van der Waals surface area contributed by atoms with E-state index in [2.05, 4.69) is 15.5 Å². The van der Waals surface area contributed by atoms with E-state index in [1.807, 2.05) is 54.0 Å². The highest BCUT2D eigenvalue weighted by molar-refractivity contribution is 7.99. The van der Waals surface area contributed by atoms with Crippen LogP contribution in [0.5, 0.6) is 11.5 Å². The van der Waals surface area contributed by atoms with Crippen molar-refractivity contribution in [3.8, 4) is 17.2 Å². The number of nitrogens with zero attached hydrogens (tertiary/aromatic N) is 4. The first-order valence-corrected chi connectivity index (χ1v) is 12.4. The number of carbonyl (C=O) groups excluding carboxylic acids is 1. The Morgan fingerprint density at radius 2 is 1.84 bits per heavy atom. The molecule has 1 amide bonds. The number of para-hydroxylation sites is 2. The van der Waals surface area contributed by atoms with E-state index in [0.29, 0.717) is 27.5 Å². The summed E-state index contributed by atoms with van der Waals surface area (Å²) in [7, 11) is 1.42. The lowest BCUT2D eigenvalue weighted by Crippen LogP contribution is -2.16. The molecule has 0 aliphatic rings. The first-order chi connectivity index (χ1) is 17.9. The Morgan fingerprint density at radius 1 is 1.11 bits per heavy atom. The molecule has 0 fully saturated rings. The Balaban J connectivity index is 1.55. The minimum Gasteiger partial charge on any atom is -0.495 e. The van der Waals surface area contributed by atoms with Gasteiger partial charge in [0, 0.05) is 17.8 Å². The van der Waals surface area contributed by atoms with Gasteiger partial charge in [-0.05, 0) is 37.3 Å². The van der Waals surface area contributed by atoms with Crippen LogP contribution in [0.4, 0.5) is 11.4 Å². The molecular weight excluding hydrogens is 518 g/mol. The van der Waals surface area contributed by atoms with Crippen molar-refractivity contribution in [3.63, 3.8) is 0 Å². The summed E-state index contributed by atoms with van der Waals surface area (Å²) >= 11 is 7.42. The van der Waals surface area contributed by atoms with Crippen molar-refractivity contribution in [2.24, 2.45) is 0 Å². The molecule has 190 valence electrons. The number of thioether (sulfide) groups is 1. The minimum atomic E-state index is -0.542. The van der Waals surface area contributed by atoms with E-state index in [0.717, 1.165) is 17.4 Å². The molecule has 0 aliphatic carbocycles. The van der Waals surface area contributed by atoms with Gasteiger partial charge in [-0.15, -0.1) is 10.2 Å². The fourth-order valence-electron chi connectivity index (χ4n) is 3.46. The van der Waals surface area contributed by atoms with Crippen LogP contribution in [-0.2, 0) is 4.79 Å². The van der Waals surface area contributed by atoms with Gasteiger partial charge in [-0.1, -0.05) is 53.7 Å². The second-order valence-corrected chi connectivity index (χ2v) is 9.03. The van der Waals surface area contributed by atoms with Gasteiger partial charge in [-0.25, -0.2) is 0 Å². The third kappa shape index (κ3) is 6.19. The van der Waals surface area contributed by atoms with Gasteiger partial charge >= 0.3 is 0 Å². The number of hydrogen-bond donors (Lipinski definition) is 1. The van der Waals surface area contributed by atoms with Crippen LogP contribution in [0.3, 0.4) is 0 Å². The van der Waals surface area contributed by atoms with Crippen molar-refractivity contribution in [1.29, 1.82) is 0 Å². The molecule has 4 aromatic rings. The molecule has 4 rings (SSSR count). The molecular formula is C25H22ClN5O5S. The van der Waals surface area contributed by atoms with Gasteiger partial charge in [0.1, 0.15) is 11.5 Å². The number of aromatic nitrogens is 3. The predicted octanol–water partition coefficient (Wildman–Crippen LogP) is 5.71. The molecule has 12 heteroatoms. The second-order valence-electron chi connectivity index (χ2n) is 7.68. The molecule has 0 aliphatic heterocycles. The monoisotopic (exact) mass is 539 g/mol. The molecule has 1 heterocycles. The van der Waals surface area contributed by atoms with Gasteiger partial charge in [-0.2, -0.15) is 0 Å². The maximum Gasteiger partial charge on any atom is 0.271 e. The van der Waals surface area contributed by atoms with Gasteiger partial charge in [0.25, 0.3) is 5.69 Å². The highest BCUT2D eigenvalue weighted by Crippen LogP contribution is 2.32. The highest BCUT2D eigenvalue weighted by atomic mass is 35.5. The van der Waals surface area contributed by atoms with Crippen LogP contribution >= 0.6 is 23.4 Å². The van der Waals surface area contributed by atoms with E-state index < -0.39 is 16.9 Å².